The van der Waals surface area contributed by atoms with Gasteiger partial charge in [0.1, 0.15) is 0 Å². The molecule has 32 heavy (non-hydrogen) atoms. The first kappa shape index (κ1) is 26.7. The van der Waals surface area contributed by atoms with E-state index in [0.29, 0.717) is 0 Å². The van der Waals surface area contributed by atoms with Gasteiger partial charge >= 0.3 is 0 Å². The molecule has 0 amide bonds. The molecule has 0 aromatic heterocycles. The first-order chi connectivity index (χ1) is 14.8. The van der Waals surface area contributed by atoms with Crippen LogP contribution in [-0.2, 0) is 0 Å². The second-order valence-electron chi connectivity index (χ2n) is 11.9. The molecular formula is C24H42N2P2Si4-2. The number of rotatable bonds is 2. The predicted octanol–water partition coefficient (Wildman–Crippen LogP) is 7.34. The van der Waals surface area contributed by atoms with Crippen molar-refractivity contribution in [1.82, 2.24) is 0 Å². The minimum absolute atomic E-state index is 0.188. The normalized spacial score (nSPS) is 27.6. The number of nitrogens with zero attached hydrogens (tertiary/aromatic N) is 2. The highest BCUT2D eigenvalue weighted by atomic mass is 31.1. The highest BCUT2D eigenvalue weighted by Gasteiger charge is 2.31. The van der Waals surface area contributed by atoms with Gasteiger partial charge in [0.05, 0.1) is 0 Å². The molecule has 0 unspecified atom stereocenters. The van der Waals surface area contributed by atoms with Crippen LogP contribution in [0.3, 0.4) is 0 Å². The summed E-state index contributed by atoms with van der Waals surface area (Å²) >= 11 is 0. The van der Waals surface area contributed by atoms with Crippen molar-refractivity contribution in [2.24, 2.45) is 0 Å². The second-order valence-corrected chi connectivity index (χ2v) is 36.4. The first-order valence-electron chi connectivity index (χ1n) is 11.8. The molecule has 2 nitrogen and oxygen atoms in total. The van der Waals surface area contributed by atoms with Crippen LogP contribution in [-0.4, -0.2) is 56.1 Å². The molecule has 1 heterocycles. The standard InChI is InChI=1S/C24H42N2P2Si4/c1-29(2)19-27(23-15-11-9-12-16-23)20-31(5,6)26-32(7,8)22-28(21-30(3,4)25-29)24-17-13-10-14-18-24/h9-18H,19-22H2,1-8H3/q-2. The fraction of sp³-hybridized carbons (Fsp3) is 0.500. The molecule has 8 heteroatoms. The summed E-state index contributed by atoms with van der Waals surface area (Å²) in [4.78, 5) is 0. The van der Waals surface area contributed by atoms with Crippen LogP contribution in [0.2, 0.25) is 52.4 Å². The maximum absolute atomic E-state index is 5.83. The minimum atomic E-state index is -1.66. The van der Waals surface area contributed by atoms with Crippen LogP contribution in [0.25, 0.3) is 9.30 Å². The van der Waals surface area contributed by atoms with Crippen LogP contribution in [0.1, 0.15) is 0 Å². The third kappa shape index (κ3) is 8.09. The topological polar surface area (TPSA) is 28.2 Å². The third-order valence-electron chi connectivity index (χ3n) is 5.76. The van der Waals surface area contributed by atoms with Gasteiger partial charge < -0.3 is 9.30 Å². The van der Waals surface area contributed by atoms with E-state index in [1.807, 2.05) is 0 Å². The SMILES string of the molecule is C[Si]1(C)CP(c2ccccc2)C[Si](C)(C)[N-][Si](C)(C)CP(c2ccccc2)C[Si](C)(C)[N-]1. The molecule has 0 radical (unpaired) electrons. The zero-order valence-electron chi connectivity index (χ0n) is 21.4. The molecule has 0 bridgehead atoms. The molecule has 1 saturated heterocycles. The van der Waals surface area contributed by atoms with Crippen LogP contribution >= 0.6 is 15.8 Å². The lowest BCUT2D eigenvalue weighted by Gasteiger charge is -2.57. The third-order valence-corrected chi connectivity index (χ3v) is 36.0. The zero-order valence-corrected chi connectivity index (χ0v) is 27.2. The molecule has 0 aliphatic carbocycles. The lowest BCUT2D eigenvalue weighted by molar-refractivity contribution is 1.57. The van der Waals surface area contributed by atoms with E-state index >= 15 is 0 Å². The van der Waals surface area contributed by atoms with Gasteiger partial charge in [0.15, 0.2) is 0 Å². The van der Waals surface area contributed by atoms with E-state index in [2.05, 4.69) is 113 Å². The quantitative estimate of drug-likeness (QED) is 0.286. The van der Waals surface area contributed by atoms with Crippen molar-refractivity contribution in [3.05, 3.63) is 70.0 Å². The molecule has 0 N–H and O–H groups in total. The van der Waals surface area contributed by atoms with Gasteiger partial charge in [-0.15, -0.1) is 0 Å². The largest absolute Gasteiger partial charge is 0.667 e. The summed E-state index contributed by atoms with van der Waals surface area (Å²) in [5.74, 6) is 5.33. The summed E-state index contributed by atoms with van der Waals surface area (Å²) in [6.45, 7) is 20.3. The fourth-order valence-corrected chi connectivity index (χ4v) is 44.2. The summed E-state index contributed by atoms with van der Waals surface area (Å²) in [6.07, 6.45) is 0. The monoisotopic (exact) mass is 532 g/mol. The molecule has 2 aromatic carbocycles. The van der Waals surface area contributed by atoms with Crippen molar-refractivity contribution in [3.63, 3.8) is 0 Å². The van der Waals surface area contributed by atoms with Gasteiger partial charge in [-0.1, -0.05) is 185 Å². The maximum atomic E-state index is 5.83. The second kappa shape index (κ2) is 10.4. The smallest absolute Gasteiger partial charge is 0.0247 e. The summed E-state index contributed by atoms with van der Waals surface area (Å²) in [5.41, 5.74) is 0. The van der Waals surface area contributed by atoms with Crippen LogP contribution in [0.15, 0.2) is 60.7 Å². The van der Waals surface area contributed by atoms with Crippen molar-refractivity contribution in [2.75, 3.05) is 23.1 Å². The van der Waals surface area contributed by atoms with E-state index < -0.39 is 32.9 Å². The molecule has 1 aliphatic rings. The molecular weight excluding hydrogens is 491 g/mol. The number of benzene rings is 2. The van der Waals surface area contributed by atoms with Crippen molar-refractivity contribution >= 4 is 59.4 Å². The van der Waals surface area contributed by atoms with Crippen molar-refractivity contribution in [1.29, 1.82) is 0 Å². The van der Waals surface area contributed by atoms with Crippen LogP contribution in [0.5, 0.6) is 0 Å². The van der Waals surface area contributed by atoms with Crippen molar-refractivity contribution in [3.8, 4) is 0 Å². The Morgan fingerprint density at radius 3 is 0.969 bits per heavy atom. The average molecular weight is 533 g/mol. The minimum Gasteiger partial charge on any atom is -0.667 e. The Morgan fingerprint density at radius 1 is 0.469 bits per heavy atom. The maximum Gasteiger partial charge on any atom is -0.0247 e. The summed E-state index contributed by atoms with van der Waals surface area (Å²) in [5, 5.41) is 3.16. The van der Waals surface area contributed by atoms with Crippen LogP contribution < -0.4 is 10.6 Å². The van der Waals surface area contributed by atoms with E-state index in [9.17, 15) is 0 Å². The Labute approximate surface area is 204 Å². The summed E-state index contributed by atoms with van der Waals surface area (Å²) in [7, 11) is -7.01. The zero-order chi connectivity index (χ0) is 23.6. The number of hydrogen-bond donors (Lipinski definition) is 0. The van der Waals surface area contributed by atoms with E-state index in [1.165, 1.54) is 23.1 Å². The van der Waals surface area contributed by atoms with Gasteiger partial charge in [-0.2, -0.15) is 0 Å². The van der Waals surface area contributed by atoms with Gasteiger partial charge in [-0.3, -0.25) is 0 Å². The Morgan fingerprint density at radius 2 is 0.719 bits per heavy atom. The summed E-state index contributed by atoms with van der Waals surface area (Å²) < 4.78 is 11.7. The molecule has 3 rings (SSSR count). The van der Waals surface area contributed by atoms with E-state index in [4.69, 9.17) is 9.30 Å². The van der Waals surface area contributed by atoms with Crippen LogP contribution in [0.4, 0.5) is 0 Å². The Balaban J connectivity index is 1.99. The van der Waals surface area contributed by atoms with Crippen molar-refractivity contribution < 1.29 is 0 Å². The Bertz CT molecular complexity index is 771. The van der Waals surface area contributed by atoms with Gasteiger partial charge in [0.25, 0.3) is 0 Å². The molecule has 1 fully saturated rings. The van der Waals surface area contributed by atoms with Gasteiger partial charge in [-0.05, 0) is 10.6 Å². The summed E-state index contributed by atoms with van der Waals surface area (Å²) in [6, 6.07) is 22.8. The van der Waals surface area contributed by atoms with E-state index in [1.54, 1.807) is 10.6 Å². The van der Waals surface area contributed by atoms with Crippen molar-refractivity contribution in [2.45, 2.75) is 52.4 Å². The van der Waals surface area contributed by atoms with Gasteiger partial charge in [0.2, 0.25) is 0 Å². The van der Waals surface area contributed by atoms with Crippen LogP contribution in [0, 0.1) is 0 Å². The lowest BCUT2D eigenvalue weighted by Crippen LogP contribution is -2.49. The van der Waals surface area contributed by atoms with Gasteiger partial charge in [0, 0.05) is 0 Å². The lowest BCUT2D eigenvalue weighted by atomic mass is 10.4. The molecule has 0 spiro atoms. The fourth-order valence-electron chi connectivity index (χ4n) is 5.40. The predicted molar refractivity (Wildman–Crippen MR) is 162 cm³/mol. The molecule has 0 saturated carbocycles. The highest BCUT2D eigenvalue weighted by molar-refractivity contribution is 7.72. The number of hydrogen-bond acceptors (Lipinski definition) is 0. The molecule has 0 atom stereocenters. The molecule has 1 aliphatic heterocycles. The Hall–Kier alpha value is 0.0875. The average Bonchev–Trinajstić information content (AvgIpc) is 2.65. The van der Waals surface area contributed by atoms with Gasteiger partial charge in [-0.25, -0.2) is 0 Å². The van der Waals surface area contributed by atoms with E-state index in [0.717, 1.165) is 0 Å². The van der Waals surface area contributed by atoms with E-state index in [-0.39, 0.29) is 15.8 Å². The first-order valence-corrected chi connectivity index (χ1v) is 27.9. The highest BCUT2D eigenvalue weighted by Crippen LogP contribution is 2.48. The molecule has 2 aromatic rings. The molecule has 176 valence electrons. The Kier molecular flexibility index (Phi) is 8.65.